The molecule has 2 aromatic carbocycles. The van der Waals surface area contributed by atoms with Crippen molar-refractivity contribution in [3.05, 3.63) is 64.7 Å². The summed E-state index contributed by atoms with van der Waals surface area (Å²) in [4.78, 5) is 26.4. The average Bonchev–Trinajstić information content (AvgIpc) is 2.85. The molecule has 2 N–H and O–H groups in total. The minimum atomic E-state index is -0.436. The third kappa shape index (κ3) is 9.42. The lowest BCUT2D eigenvalue weighted by atomic mass is 10.1. The Morgan fingerprint density at radius 1 is 1.06 bits per heavy atom. The maximum Gasteiger partial charge on any atom is 0.407 e. The molecular weight excluding hydrogens is 466 g/mol. The summed E-state index contributed by atoms with van der Waals surface area (Å²) in [7, 11) is 0. The number of nitrogens with one attached hydrogen (secondary N) is 2. The fourth-order valence-corrected chi connectivity index (χ4v) is 4.05. The molecule has 8 heteroatoms. The molecule has 0 aliphatic carbocycles. The predicted octanol–water partition coefficient (Wildman–Crippen LogP) is 4.89. The highest BCUT2D eigenvalue weighted by atomic mass is 35.5. The van der Waals surface area contributed by atoms with Gasteiger partial charge in [0.05, 0.1) is 11.6 Å². The Balaban J connectivity index is 1.36. The van der Waals surface area contributed by atoms with Gasteiger partial charge < -0.3 is 20.1 Å². The van der Waals surface area contributed by atoms with E-state index in [0.29, 0.717) is 48.4 Å². The van der Waals surface area contributed by atoms with E-state index < -0.39 is 6.09 Å². The van der Waals surface area contributed by atoms with Gasteiger partial charge in [0.25, 0.3) is 5.91 Å². The summed E-state index contributed by atoms with van der Waals surface area (Å²) in [6.45, 7) is 8.10. The maximum atomic E-state index is 12.4. The van der Waals surface area contributed by atoms with Gasteiger partial charge in [0.15, 0.2) is 0 Å². The number of hydrogen-bond acceptors (Lipinski definition) is 5. The Morgan fingerprint density at radius 2 is 1.77 bits per heavy atom. The second kappa shape index (κ2) is 14.0. The van der Waals surface area contributed by atoms with Gasteiger partial charge in [0.2, 0.25) is 0 Å². The summed E-state index contributed by atoms with van der Waals surface area (Å²) in [6.07, 6.45) is 2.14. The van der Waals surface area contributed by atoms with Crippen LogP contribution >= 0.6 is 11.6 Å². The van der Waals surface area contributed by atoms with Crippen molar-refractivity contribution in [1.82, 2.24) is 15.5 Å². The molecule has 1 aliphatic rings. The van der Waals surface area contributed by atoms with E-state index in [1.165, 1.54) is 5.56 Å². The summed E-state index contributed by atoms with van der Waals surface area (Å²) in [5, 5.41) is 5.94. The zero-order valence-electron chi connectivity index (χ0n) is 20.6. The molecule has 2 amide bonds. The third-order valence-electron chi connectivity index (χ3n) is 5.73. The number of piperidine rings is 1. The van der Waals surface area contributed by atoms with Crippen LogP contribution in [0.15, 0.2) is 48.5 Å². The van der Waals surface area contributed by atoms with Gasteiger partial charge in [-0.3, -0.25) is 9.69 Å². The number of alkyl carbamates (subject to hydrolysis) is 1. The Bertz CT molecular complexity index is 947. The van der Waals surface area contributed by atoms with Gasteiger partial charge in [-0.1, -0.05) is 55.8 Å². The van der Waals surface area contributed by atoms with Crippen molar-refractivity contribution in [1.29, 1.82) is 0 Å². The number of carbonyl (C=O) groups is 2. The van der Waals surface area contributed by atoms with Crippen LogP contribution in [-0.4, -0.2) is 55.8 Å². The number of carbonyl (C=O) groups excluding carboxylic acids is 2. The van der Waals surface area contributed by atoms with Crippen molar-refractivity contribution in [2.45, 2.75) is 45.8 Å². The quantitative estimate of drug-likeness (QED) is 0.429. The molecule has 0 spiro atoms. The van der Waals surface area contributed by atoms with Crippen LogP contribution in [0.1, 0.15) is 49.0 Å². The number of ether oxygens (including phenoxy) is 2. The zero-order chi connectivity index (χ0) is 25.0. The van der Waals surface area contributed by atoms with Crippen LogP contribution in [0, 0.1) is 5.92 Å². The summed E-state index contributed by atoms with van der Waals surface area (Å²) in [5.41, 5.74) is 1.80. The summed E-state index contributed by atoms with van der Waals surface area (Å²) in [5.74, 6) is 0.686. The van der Waals surface area contributed by atoms with Crippen LogP contribution in [0.2, 0.25) is 5.02 Å². The van der Waals surface area contributed by atoms with Gasteiger partial charge >= 0.3 is 6.09 Å². The Hall–Kier alpha value is -2.77. The standard InChI is InChI=1S/C27H36ClN3O4/c1-20(2)19-34-27(33)30-14-6-13-29-26(32)22-9-10-25(24(28)17-22)35-23-11-15-31(16-12-23)18-21-7-4-3-5-8-21/h3-5,7-10,17,20,23H,6,11-16,18-19H2,1-2H3,(H,29,32)(H,30,33). The summed E-state index contributed by atoms with van der Waals surface area (Å²) < 4.78 is 11.2. The molecule has 190 valence electrons. The first-order chi connectivity index (χ1) is 16.9. The molecule has 3 rings (SSSR count). The lowest BCUT2D eigenvalue weighted by molar-refractivity contribution is 0.0950. The molecule has 0 unspecified atom stereocenters. The van der Waals surface area contributed by atoms with Crippen molar-refractivity contribution in [2.75, 3.05) is 32.8 Å². The summed E-state index contributed by atoms with van der Waals surface area (Å²) in [6, 6.07) is 15.6. The van der Waals surface area contributed by atoms with E-state index in [-0.39, 0.29) is 12.0 Å². The van der Waals surface area contributed by atoms with Gasteiger partial charge in [-0.2, -0.15) is 0 Å². The fourth-order valence-electron chi connectivity index (χ4n) is 3.82. The van der Waals surface area contributed by atoms with E-state index >= 15 is 0 Å². The van der Waals surface area contributed by atoms with Crippen LogP contribution in [0.4, 0.5) is 4.79 Å². The molecule has 1 fully saturated rings. The number of hydrogen-bond donors (Lipinski definition) is 2. The van der Waals surface area contributed by atoms with E-state index in [4.69, 9.17) is 21.1 Å². The molecule has 0 aromatic heterocycles. The average molecular weight is 502 g/mol. The van der Waals surface area contributed by atoms with Gasteiger partial charge in [0.1, 0.15) is 11.9 Å². The van der Waals surface area contributed by atoms with Gasteiger partial charge in [-0.15, -0.1) is 0 Å². The monoisotopic (exact) mass is 501 g/mol. The van der Waals surface area contributed by atoms with Crippen molar-refractivity contribution < 1.29 is 19.1 Å². The van der Waals surface area contributed by atoms with E-state index in [0.717, 1.165) is 32.5 Å². The van der Waals surface area contributed by atoms with Crippen LogP contribution in [0.5, 0.6) is 5.75 Å². The van der Waals surface area contributed by atoms with Crippen LogP contribution in [0.3, 0.4) is 0 Å². The Labute approximate surface area is 213 Å². The van der Waals surface area contributed by atoms with Crippen LogP contribution in [-0.2, 0) is 11.3 Å². The summed E-state index contributed by atoms with van der Waals surface area (Å²) >= 11 is 6.42. The zero-order valence-corrected chi connectivity index (χ0v) is 21.4. The topological polar surface area (TPSA) is 79.9 Å². The first-order valence-corrected chi connectivity index (χ1v) is 12.7. The molecule has 0 atom stereocenters. The van der Waals surface area contributed by atoms with Crippen LogP contribution in [0.25, 0.3) is 0 Å². The fraction of sp³-hybridized carbons (Fsp3) is 0.481. The highest BCUT2D eigenvalue weighted by Crippen LogP contribution is 2.28. The van der Waals surface area contributed by atoms with Crippen molar-refractivity contribution >= 4 is 23.6 Å². The molecule has 7 nitrogen and oxygen atoms in total. The van der Waals surface area contributed by atoms with Crippen molar-refractivity contribution in [2.24, 2.45) is 5.92 Å². The number of halogens is 1. The molecular formula is C27H36ClN3O4. The lowest BCUT2D eigenvalue weighted by Gasteiger charge is -2.32. The molecule has 1 saturated heterocycles. The lowest BCUT2D eigenvalue weighted by Crippen LogP contribution is -2.37. The van der Waals surface area contributed by atoms with E-state index in [2.05, 4.69) is 39.8 Å². The van der Waals surface area contributed by atoms with E-state index in [9.17, 15) is 9.59 Å². The SMILES string of the molecule is CC(C)COC(=O)NCCCNC(=O)c1ccc(OC2CCN(Cc3ccccc3)CC2)c(Cl)c1. The number of nitrogens with zero attached hydrogens (tertiary/aromatic N) is 1. The van der Waals surface area contributed by atoms with E-state index in [1.54, 1.807) is 18.2 Å². The third-order valence-corrected chi connectivity index (χ3v) is 6.02. The van der Waals surface area contributed by atoms with Crippen molar-refractivity contribution in [3.63, 3.8) is 0 Å². The largest absolute Gasteiger partial charge is 0.489 e. The molecule has 35 heavy (non-hydrogen) atoms. The number of amides is 2. The Morgan fingerprint density at radius 3 is 2.46 bits per heavy atom. The molecule has 0 saturated carbocycles. The second-order valence-corrected chi connectivity index (χ2v) is 9.66. The molecule has 0 bridgehead atoms. The van der Waals surface area contributed by atoms with Crippen molar-refractivity contribution in [3.8, 4) is 5.75 Å². The second-order valence-electron chi connectivity index (χ2n) is 9.25. The number of likely N-dealkylation sites (tertiary alicyclic amines) is 1. The highest BCUT2D eigenvalue weighted by Gasteiger charge is 2.21. The molecule has 0 radical (unpaired) electrons. The number of rotatable bonds is 11. The minimum Gasteiger partial charge on any atom is -0.489 e. The van der Waals surface area contributed by atoms with E-state index in [1.807, 2.05) is 19.9 Å². The predicted molar refractivity (Wildman–Crippen MR) is 138 cm³/mol. The maximum absolute atomic E-state index is 12.4. The van der Waals surface area contributed by atoms with Gasteiger partial charge in [0, 0.05) is 38.3 Å². The smallest absolute Gasteiger partial charge is 0.407 e. The van der Waals surface area contributed by atoms with Crippen LogP contribution < -0.4 is 15.4 Å². The molecule has 1 heterocycles. The molecule has 1 aliphatic heterocycles. The van der Waals surface area contributed by atoms with Gasteiger partial charge in [-0.25, -0.2) is 4.79 Å². The minimum absolute atomic E-state index is 0.110. The Kier molecular flexibility index (Phi) is 10.7. The van der Waals surface area contributed by atoms with Gasteiger partial charge in [-0.05, 0) is 48.9 Å². The first-order valence-electron chi connectivity index (χ1n) is 12.3. The normalized spacial score (nSPS) is 14.5. The first kappa shape index (κ1) is 26.8. The number of benzene rings is 2. The molecule has 2 aromatic rings. The highest BCUT2D eigenvalue weighted by molar-refractivity contribution is 6.32.